The van der Waals surface area contributed by atoms with Crippen LogP contribution < -0.4 is 11.1 Å². The topological polar surface area (TPSA) is 75.3 Å². The average molecular weight is 264 g/mol. The van der Waals surface area contributed by atoms with Gasteiger partial charge in [-0.3, -0.25) is 4.79 Å². The average Bonchev–Trinajstić information content (AvgIpc) is 2.37. The van der Waals surface area contributed by atoms with Gasteiger partial charge in [0.05, 0.1) is 18.2 Å². The second-order valence-corrected chi connectivity index (χ2v) is 6.19. The molecule has 1 aromatic rings. The summed E-state index contributed by atoms with van der Waals surface area (Å²) in [6, 6.07) is 8.77. The monoisotopic (exact) mass is 264 g/mol. The van der Waals surface area contributed by atoms with E-state index in [0.717, 1.165) is 5.56 Å². The third-order valence-electron chi connectivity index (χ3n) is 3.34. The zero-order valence-corrected chi connectivity index (χ0v) is 12.1. The predicted octanol–water partition coefficient (Wildman–Crippen LogP) is 1.38. The first-order valence-electron chi connectivity index (χ1n) is 6.45. The number of hydrogen-bond acceptors (Lipinski definition) is 3. The molecule has 0 fully saturated rings. The lowest BCUT2D eigenvalue weighted by Crippen LogP contribution is -2.55. The lowest BCUT2D eigenvalue weighted by molar-refractivity contribution is -0.127. The van der Waals surface area contributed by atoms with Gasteiger partial charge in [0.2, 0.25) is 5.91 Å². The Labute approximate surface area is 115 Å². The first-order valence-corrected chi connectivity index (χ1v) is 6.45. The quantitative estimate of drug-likeness (QED) is 0.769. The maximum atomic E-state index is 12.2. The normalized spacial score (nSPS) is 16.5. The van der Waals surface area contributed by atoms with Crippen molar-refractivity contribution < 1.29 is 9.90 Å². The molecule has 0 aliphatic rings. The zero-order valence-electron chi connectivity index (χ0n) is 12.1. The molecule has 0 bridgehead atoms. The van der Waals surface area contributed by atoms with Crippen molar-refractivity contribution in [3.63, 3.8) is 0 Å². The van der Waals surface area contributed by atoms with Crippen molar-refractivity contribution in [2.75, 3.05) is 6.61 Å². The Balaban J connectivity index is 2.91. The maximum absolute atomic E-state index is 12.2. The Morgan fingerprint density at radius 1 is 1.26 bits per heavy atom. The lowest BCUT2D eigenvalue weighted by atomic mass is 9.85. The van der Waals surface area contributed by atoms with Crippen LogP contribution >= 0.6 is 0 Å². The predicted molar refractivity (Wildman–Crippen MR) is 76.5 cm³/mol. The van der Waals surface area contributed by atoms with E-state index in [1.807, 2.05) is 51.1 Å². The van der Waals surface area contributed by atoms with Crippen molar-refractivity contribution in [1.82, 2.24) is 5.32 Å². The summed E-state index contributed by atoms with van der Waals surface area (Å²) >= 11 is 0. The molecule has 0 radical (unpaired) electrons. The molecule has 1 unspecified atom stereocenters. The van der Waals surface area contributed by atoms with Gasteiger partial charge in [-0.2, -0.15) is 0 Å². The largest absolute Gasteiger partial charge is 0.394 e. The van der Waals surface area contributed by atoms with Gasteiger partial charge in [0, 0.05) is 0 Å². The van der Waals surface area contributed by atoms with Crippen LogP contribution in [0, 0.1) is 5.41 Å². The fourth-order valence-electron chi connectivity index (χ4n) is 1.75. The lowest BCUT2D eigenvalue weighted by Gasteiger charge is -2.33. The minimum absolute atomic E-state index is 0.181. The third-order valence-corrected chi connectivity index (χ3v) is 3.34. The van der Waals surface area contributed by atoms with E-state index in [-0.39, 0.29) is 17.9 Å². The van der Waals surface area contributed by atoms with Crippen LogP contribution in [0.5, 0.6) is 0 Å². The standard InChI is InChI=1S/C15H24N2O2/c1-14(2,3)12(16)13(19)17-15(4,10-18)11-8-6-5-7-9-11/h5-9,12,18H,10,16H2,1-4H3,(H,17,19)/t12-,15?/m0/s1. The van der Waals surface area contributed by atoms with Crippen LogP contribution in [0.1, 0.15) is 33.3 Å². The summed E-state index contributed by atoms with van der Waals surface area (Å²) in [5, 5.41) is 12.5. The van der Waals surface area contributed by atoms with E-state index in [1.165, 1.54) is 0 Å². The highest BCUT2D eigenvalue weighted by Crippen LogP contribution is 2.22. The van der Waals surface area contributed by atoms with Gasteiger partial charge in [-0.05, 0) is 17.9 Å². The Morgan fingerprint density at radius 3 is 2.21 bits per heavy atom. The molecule has 0 saturated carbocycles. The summed E-state index contributed by atoms with van der Waals surface area (Å²) in [7, 11) is 0. The molecule has 4 N–H and O–H groups in total. The van der Waals surface area contributed by atoms with Crippen molar-refractivity contribution >= 4 is 5.91 Å². The summed E-state index contributed by atoms with van der Waals surface area (Å²) < 4.78 is 0. The maximum Gasteiger partial charge on any atom is 0.238 e. The molecular formula is C15H24N2O2. The molecule has 106 valence electrons. The molecule has 0 aromatic heterocycles. The summed E-state index contributed by atoms with van der Waals surface area (Å²) in [5.41, 5.74) is 5.65. The fourth-order valence-corrected chi connectivity index (χ4v) is 1.75. The number of amides is 1. The van der Waals surface area contributed by atoms with Gasteiger partial charge in [-0.15, -0.1) is 0 Å². The molecule has 0 heterocycles. The minimum atomic E-state index is -0.818. The van der Waals surface area contributed by atoms with Crippen molar-refractivity contribution in [2.45, 2.75) is 39.3 Å². The number of carbonyl (C=O) groups is 1. The molecule has 2 atom stereocenters. The second-order valence-electron chi connectivity index (χ2n) is 6.19. The second kappa shape index (κ2) is 5.72. The van der Waals surface area contributed by atoms with E-state index < -0.39 is 11.6 Å². The molecule has 4 heteroatoms. The third kappa shape index (κ3) is 3.78. The van der Waals surface area contributed by atoms with E-state index in [2.05, 4.69) is 5.32 Å². The van der Waals surface area contributed by atoms with E-state index in [9.17, 15) is 9.90 Å². The Kier molecular flexibility index (Phi) is 4.71. The van der Waals surface area contributed by atoms with Gasteiger partial charge in [-0.25, -0.2) is 0 Å². The van der Waals surface area contributed by atoms with Gasteiger partial charge in [0.15, 0.2) is 0 Å². The number of benzene rings is 1. The smallest absolute Gasteiger partial charge is 0.238 e. The van der Waals surface area contributed by atoms with Crippen LogP contribution in [0.4, 0.5) is 0 Å². The van der Waals surface area contributed by atoms with Gasteiger partial charge in [0.25, 0.3) is 0 Å². The van der Waals surface area contributed by atoms with Crippen LogP contribution in [0.25, 0.3) is 0 Å². The highest BCUT2D eigenvalue weighted by molar-refractivity contribution is 5.83. The van der Waals surface area contributed by atoms with Gasteiger partial charge in [-0.1, -0.05) is 51.1 Å². The van der Waals surface area contributed by atoms with E-state index in [4.69, 9.17) is 5.73 Å². The van der Waals surface area contributed by atoms with Crippen molar-refractivity contribution in [3.05, 3.63) is 35.9 Å². The van der Waals surface area contributed by atoms with Crippen LogP contribution in [-0.2, 0) is 10.3 Å². The summed E-state index contributed by atoms with van der Waals surface area (Å²) in [5.74, 6) is -0.257. The molecule has 1 amide bonds. The minimum Gasteiger partial charge on any atom is -0.394 e. The Bertz CT molecular complexity index is 426. The zero-order chi connectivity index (χ0) is 14.7. The van der Waals surface area contributed by atoms with E-state index in [0.29, 0.717) is 0 Å². The molecule has 0 saturated heterocycles. The molecule has 1 aromatic carbocycles. The Hall–Kier alpha value is -1.39. The molecule has 19 heavy (non-hydrogen) atoms. The number of nitrogens with one attached hydrogen (secondary N) is 1. The highest BCUT2D eigenvalue weighted by Gasteiger charge is 2.33. The van der Waals surface area contributed by atoms with Crippen molar-refractivity contribution in [1.29, 1.82) is 0 Å². The first-order chi connectivity index (χ1) is 8.70. The van der Waals surface area contributed by atoms with Crippen LogP contribution in [-0.4, -0.2) is 23.7 Å². The number of aliphatic hydroxyl groups excluding tert-OH is 1. The molecule has 0 spiro atoms. The van der Waals surface area contributed by atoms with Crippen LogP contribution in [0.15, 0.2) is 30.3 Å². The summed E-state index contributed by atoms with van der Waals surface area (Å²) in [4.78, 5) is 12.2. The number of carbonyl (C=O) groups excluding carboxylic acids is 1. The first kappa shape index (κ1) is 15.7. The summed E-state index contributed by atoms with van der Waals surface area (Å²) in [6.07, 6.45) is 0. The van der Waals surface area contributed by atoms with Crippen LogP contribution in [0.3, 0.4) is 0 Å². The number of rotatable bonds is 4. The van der Waals surface area contributed by atoms with E-state index in [1.54, 1.807) is 6.92 Å². The van der Waals surface area contributed by atoms with Crippen molar-refractivity contribution in [3.8, 4) is 0 Å². The molecular weight excluding hydrogens is 240 g/mol. The number of aliphatic hydroxyl groups is 1. The van der Waals surface area contributed by atoms with Gasteiger partial charge in [0.1, 0.15) is 0 Å². The van der Waals surface area contributed by atoms with E-state index >= 15 is 0 Å². The molecule has 1 rings (SSSR count). The molecule has 0 aliphatic heterocycles. The molecule has 4 nitrogen and oxygen atoms in total. The Morgan fingerprint density at radius 2 is 1.79 bits per heavy atom. The number of hydrogen-bond donors (Lipinski definition) is 3. The number of nitrogens with two attached hydrogens (primary N) is 1. The summed E-state index contributed by atoms with van der Waals surface area (Å²) in [6.45, 7) is 7.34. The highest BCUT2D eigenvalue weighted by atomic mass is 16.3. The van der Waals surface area contributed by atoms with Gasteiger partial charge >= 0.3 is 0 Å². The van der Waals surface area contributed by atoms with Gasteiger partial charge < -0.3 is 16.2 Å². The molecule has 0 aliphatic carbocycles. The van der Waals surface area contributed by atoms with Crippen molar-refractivity contribution in [2.24, 2.45) is 11.1 Å². The fraction of sp³-hybridized carbons (Fsp3) is 0.533. The SMILES string of the molecule is CC(CO)(NC(=O)[C@H](N)C(C)(C)C)c1ccccc1. The van der Waals surface area contributed by atoms with Crippen LogP contribution in [0.2, 0.25) is 0 Å².